The summed E-state index contributed by atoms with van der Waals surface area (Å²) >= 11 is 1.66. The topological polar surface area (TPSA) is 41.0 Å². The maximum atomic E-state index is 4.54. The second-order valence-electron chi connectivity index (χ2n) is 4.84. The highest BCUT2D eigenvalue weighted by atomic mass is 32.1. The minimum Gasteiger partial charge on any atom is -0.378 e. The Hall–Kier alpha value is -2.40. The quantitative estimate of drug-likeness (QED) is 0.789. The molecule has 4 nitrogen and oxygen atoms in total. The number of rotatable bonds is 4. The number of aromatic nitrogens is 2. The summed E-state index contributed by atoms with van der Waals surface area (Å²) in [6.07, 6.45) is 1.77. The Kier molecular flexibility index (Phi) is 3.83. The van der Waals surface area contributed by atoms with Crippen LogP contribution in [-0.4, -0.2) is 24.1 Å². The van der Waals surface area contributed by atoms with Crippen LogP contribution in [-0.2, 0) is 0 Å². The first-order chi connectivity index (χ1) is 10.2. The van der Waals surface area contributed by atoms with E-state index in [4.69, 9.17) is 0 Å². The number of anilines is 3. The van der Waals surface area contributed by atoms with E-state index in [2.05, 4.69) is 43.8 Å². The molecule has 0 spiro atoms. The molecule has 0 fully saturated rings. The van der Waals surface area contributed by atoms with Crippen LogP contribution >= 0.6 is 11.3 Å². The Labute approximate surface area is 128 Å². The second-order valence-corrected chi connectivity index (χ2v) is 5.62. The highest BCUT2D eigenvalue weighted by molar-refractivity contribution is 7.08. The number of benzene rings is 1. The molecule has 0 atom stereocenters. The Bertz CT molecular complexity index is 705. The average molecular weight is 296 g/mol. The zero-order chi connectivity index (χ0) is 14.7. The number of hydrogen-bond donors (Lipinski definition) is 1. The maximum absolute atomic E-state index is 4.54. The number of nitrogens with one attached hydrogen (secondary N) is 1. The predicted molar refractivity (Wildman–Crippen MR) is 89.4 cm³/mol. The SMILES string of the molecule is CN(C)c1ccc(Nc2nccc(-c3ccsc3)n2)cc1. The third kappa shape index (κ3) is 3.20. The minimum absolute atomic E-state index is 0.608. The molecule has 106 valence electrons. The van der Waals surface area contributed by atoms with Gasteiger partial charge in [0.1, 0.15) is 0 Å². The number of thiophene rings is 1. The molecule has 1 aromatic carbocycles. The fourth-order valence-corrected chi connectivity index (χ4v) is 2.61. The van der Waals surface area contributed by atoms with Crippen molar-refractivity contribution in [3.05, 3.63) is 53.4 Å². The standard InChI is InChI=1S/C16H16N4S/c1-20(2)14-5-3-13(4-6-14)18-16-17-9-7-15(19-16)12-8-10-21-11-12/h3-11H,1-2H3,(H,17,18,19). The molecule has 2 heterocycles. The van der Waals surface area contributed by atoms with Gasteiger partial charge < -0.3 is 10.2 Å². The van der Waals surface area contributed by atoms with Crippen molar-refractivity contribution in [1.29, 1.82) is 0 Å². The molecular weight excluding hydrogens is 280 g/mol. The van der Waals surface area contributed by atoms with Crippen molar-refractivity contribution in [2.24, 2.45) is 0 Å². The van der Waals surface area contributed by atoms with Crippen LogP contribution in [0.25, 0.3) is 11.3 Å². The van der Waals surface area contributed by atoms with Crippen LogP contribution in [0.15, 0.2) is 53.4 Å². The fourth-order valence-electron chi connectivity index (χ4n) is 1.96. The summed E-state index contributed by atoms with van der Waals surface area (Å²) in [5, 5.41) is 7.36. The van der Waals surface area contributed by atoms with E-state index in [-0.39, 0.29) is 0 Å². The summed E-state index contributed by atoms with van der Waals surface area (Å²) in [6.45, 7) is 0. The average Bonchev–Trinajstić information content (AvgIpc) is 3.02. The molecule has 0 aliphatic rings. The number of nitrogens with zero attached hydrogens (tertiary/aromatic N) is 3. The van der Waals surface area contributed by atoms with Crippen molar-refractivity contribution in [3.8, 4) is 11.3 Å². The maximum Gasteiger partial charge on any atom is 0.227 e. The van der Waals surface area contributed by atoms with Crippen LogP contribution in [0.5, 0.6) is 0 Å². The van der Waals surface area contributed by atoms with Crippen molar-refractivity contribution < 1.29 is 0 Å². The normalized spacial score (nSPS) is 10.4. The Morgan fingerprint density at radius 2 is 1.86 bits per heavy atom. The molecule has 0 radical (unpaired) electrons. The van der Waals surface area contributed by atoms with E-state index < -0.39 is 0 Å². The van der Waals surface area contributed by atoms with Gasteiger partial charge >= 0.3 is 0 Å². The lowest BCUT2D eigenvalue weighted by Gasteiger charge is -2.13. The van der Waals surface area contributed by atoms with Crippen molar-refractivity contribution in [1.82, 2.24) is 9.97 Å². The van der Waals surface area contributed by atoms with Gasteiger partial charge in [-0.15, -0.1) is 0 Å². The first kappa shape index (κ1) is 13.6. The van der Waals surface area contributed by atoms with E-state index in [1.54, 1.807) is 17.5 Å². The third-order valence-electron chi connectivity index (χ3n) is 3.11. The van der Waals surface area contributed by atoms with Gasteiger partial charge in [0, 0.05) is 42.6 Å². The van der Waals surface area contributed by atoms with Crippen molar-refractivity contribution in [2.45, 2.75) is 0 Å². The molecule has 3 rings (SSSR count). The third-order valence-corrected chi connectivity index (χ3v) is 3.80. The Morgan fingerprint density at radius 1 is 1.05 bits per heavy atom. The second kappa shape index (κ2) is 5.93. The van der Waals surface area contributed by atoms with Gasteiger partial charge in [0.25, 0.3) is 0 Å². The highest BCUT2D eigenvalue weighted by Gasteiger charge is 2.03. The largest absolute Gasteiger partial charge is 0.378 e. The lowest BCUT2D eigenvalue weighted by atomic mass is 10.2. The summed E-state index contributed by atoms with van der Waals surface area (Å²) in [5.41, 5.74) is 4.18. The van der Waals surface area contributed by atoms with Gasteiger partial charge in [-0.25, -0.2) is 9.97 Å². The summed E-state index contributed by atoms with van der Waals surface area (Å²) < 4.78 is 0. The smallest absolute Gasteiger partial charge is 0.227 e. The minimum atomic E-state index is 0.608. The Balaban J connectivity index is 1.80. The molecule has 0 bridgehead atoms. The van der Waals surface area contributed by atoms with Crippen molar-refractivity contribution in [3.63, 3.8) is 0 Å². The molecule has 5 heteroatoms. The molecule has 0 saturated heterocycles. The molecule has 1 N–H and O–H groups in total. The highest BCUT2D eigenvalue weighted by Crippen LogP contribution is 2.22. The lowest BCUT2D eigenvalue weighted by Crippen LogP contribution is -2.08. The van der Waals surface area contributed by atoms with E-state index in [0.717, 1.165) is 22.6 Å². The molecule has 0 aliphatic carbocycles. The first-order valence-corrected chi connectivity index (χ1v) is 7.57. The zero-order valence-electron chi connectivity index (χ0n) is 11.9. The van der Waals surface area contributed by atoms with Crippen LogP contribution < -0.4 is 10.2 Å². The van der Waals surface area contributed by atoms with Crippen molar-refractivity contribution >= 4 is 28.7 Å². The molecule has 3 aromatic rings. The molecule has 0 amide bonds. The van der Waals surface area contributed by atoms with Gasteiger partial charge in [-0.2, -0.15) is 11.3 Å². The van der Waals surface area contributed by atoms with Gasteiger partial charge in [0.2, 0.25) is 5.95 Å². The molecule has 2 aromatic heterocycles. The van der Waals surface area contributed by atoms with Gasteiger partial charge in [-0.1, -0.05) is 0 Å². The fraction of sp³-hybridized carbons (Fsp3) is 0.125. The lowest BCUT2D eigenvalue weighted by molar-refractivity contribution is 1.13. The monoisotopic (exact) mass is 296 g/mol. The molecular formula is C16H16N4S. The van der Waals surface area contributed by atoms with Crippen molar-refractivity contribution in [2.75, 3.05) is 24.3 Å². The van der Waals surface area contributed by atoms with Crippen LogP contribution in [0.3, 0.4) is 0 Å². The molecule has 0 saturated carbocycles. The van der Waals surface area contributed by atoms with Gasteiger partial charge in [0.15, 0.2) is 0 Å². The van der Waals surface area contributed by atoms with E-state index in [1.807, 2.05) is 37.7 Å². The zero-order valence-corrected chi connectivity index (χ0v) is 12.8. The van der Waals surface area contributed by atoms with Crippen LogP contribution in [0, 0.1) is 0 Å². The summed E-state index contributed by atoms with van der Waals surface area (Å²) in [4.78, 5) is 10.9. The van der Waals surface area contributed by atoms with Crippen LogP contribution in [0.4, 0.5) is 17.3 Å². The number of hydrogen-bond acceptors (Lipinski definition) is 5. The summed E-state index contributed by atoms with van der Waals surface area (Å²) in [7, 11) is 4.05. The predicted octanol–water partition coefficient (Wildman–Crippen LogP) is 4.01. The van der Waals surface area contributed by atoms with E-state index in [1.165, 1.54) is 0 Å². The van der Waals surface area contributed by atoms with Gasteiger partial charge in [-0.05, 0) is 41.8 Å². The van der Waals surface area contributed by atoms with Gasteiger partial charge in [0.05, 0.1) is 5.69 Å². The molecule has 0 aliphatic heterocycles. The Morgan fingerprint density at radius 3 is 2.52 bits per heavy atom. The first-order valence-electron chi connectivity index (χ1n) is 6.62. The van der Waals surface area contributed by atoms with E-state index >= 15 is 0 Å². The van der Waals surface area contributed by atoms with Gasteiger partial charge in [-0.3, -0.25) is 0 Å². The summed E-state index contributed by atoms with van der Waals surface area (Å²) in [6, 6.07) is 12.1. The van der Waals surface area contributed by atoms with E-state index in [0.29, 0.717) is 5.95 Å². The summed E-state index contributed by atoms with van der Waals surface area (Å²) in [5.74, 6) is 0.608. The van der Waals surface area contributed by atoms with Crippen LogP contribution in [0.1, 0.15) is 0 Å². The van der Waals surface area contributed by atoms with E-state index in [9.17, 15) is 0 Å². The van der Waals surface area contributed by atoms with Crippen LogP contribution in [0.2, 0.25) is 0 Å². The molecule has 0 unspecified atom stereocenters. The molecule has 21 heavy (non-hydrogen) atoms.